The molecule has 1 heterocycles. The minimum atomic E-state index is -3.46. The minimum absolute atomic E-state index is 0.0823. The molecule has 1 amide bonds. The molecule has 0 spiro atoms. The van der Waals surface area contributed by atoms with Gasteiger partial charge in [-0.25, -0.2) is 8.42 Å². The normalized spacial score (nSPS) is 14.5. The Balaban J connectivity index is 1.54. The van der Waals surface area contributed by atoms with E-state index in [4.69, 9.17) is 4.52 Å². The van der Waals surface area contributed by atoms with Crippen LogP contribution in [0.3, 0.4) is 0 Å². The number of nitrogens with zero attached hydrogens (tertiary/aromatic N) is 3. The third-order valence-corrected chi connectivity index (χ3v) is 5.63. The number of carbonyl (C=O) groups excluding carboxylic acids is 1. The first-order valence-corrected chi connectivity index (χ1v) is 9.45. The molecule has 1 aliphatic rings. The maximum Gasteiger partial charge on any atom is 0.229 e. The second-order valence-electron chi connectivity index (χ2n) is 5.95. The van der Waals surface area contributed by atoms with Crippen LogP contribution in [0.4, 0.5) is 0 Å². The van der Waals surface area contributed by atoms with Crippen molar-refractivity contribution in [2.45, 2.75) is 36.6 Å². The largest absolute Gasteiger partial charge is 0.339 e. The zero-order valence-electron chi connectivity index (χ0n) is 13.4. The predicted octanol–water partition coefficient (Wildman–Crippen LogP) is 1.77. The van der Waals surface area contributed by atoms with Crippen LogP contribution in [-0.4, -0.2) is 42.2 Å². The van der Waals surface area contributed by atoms with Crippen molar-refractivity contribution in [1.82, 2.24) is 15.0 Å². The molecule has 1 saturated carbocycles. The van der Waals surface area contributed by atoms with Gasteiger partial charge >= 0.3 is 0 Å². The number of hydrogen-bond acceptors (Lipinski definition) is 6. The van der Waals surface area contributed by atoms with Gasteiger partial charge in [0.2, 0.25) is 11.8 Å². The van der Waals surface area contributed by atoms with Gasteiger partial charge in [0.1, 0.15) is 0 Å². The van der Waals surface area contributed by atoms with E-state index in [1.54, 1.807) is 25.2 Å². The van der Waals surface area contributed by atoms with E-state index in [2.05, 4.69) is 10.1 Å². The van der Waals surface area contributed by atoms with Gasteiger partial charge < -0.3 is 9.42 Å². The third-order valence-electron chi connectivity index (χ3n) is 3.90. The summed E-state index contributed by atoms with van der Waals surface area (Å²) < 4.78 is 29.5. The molecule has 0 bridgehead atoms. The fourth-order valence-corrected chi connectivity index (χ4v) is 3.54. The highest BCUT2D eigenvalue weighted by Crippen LogP contribution is 2.38. The van der Waals surface area contributed by atoms with Gasteiger partial charge in [-0.05, 0) is 25.0 Å². The molecule has 1 aliphatic carbocycles. The van der Waals surface area contributed by atoms with Gasteiger partial charge in [0.05, 0.1) is 17.2 Å². The van der Waals surface area contributed by atoms with E-state index < -0.39 is 9.84 Å². The molecule has 0 saturated heterocycles. The predicted molar refractivity (Wildman–Crippen MR) is 85.9 cm³/mol. The van der Waals surface area contributed by atoms with Gasteiger partial charge in [-0.2, -0.15) is 4.98 Å². The van der Waals surface area contributed by atoms with Gasteiger partial charge in [0.25, 0.3) is 0 Å². The molecule has 8 heteroatoms. The van der Waals surface area contributed by atoms with Crippen LogP contribution in [-0.2, 0) is 21.2 Å². The highest BCUT2D eigenvalue weighted by Gasteiger charge is 2.30. The van der Waals surface area contributed by atoms with Gasteiger partial charge in [-0.15, -0.1) is 0 Å². The third kappa shape index (κ3) is 4.00. The second-order valence-corrected chi connectivity index (χ2v) is 8.06. The maximum atomic E-state index is 12.2. The lowest BCUT2D eigenvalue weighted by Gasteiger charge is -2.14. The van der Waals surface area contributed by atoms with Crippen molar-refractivity contribution in [3.8, 4) is 0 Å². The van der Waals surface area contributed by atoms with Gasteiger partial charge in [0.15, 0.2) is 15.7 Å². The van der Waals surface area contributed by atoms with Crippen LogP contribution in [0.5, 0.6) is 0 Å². The van der Waals surface area contributed by atoms with Crippen LogP contribution in [0, 0.1) is 0 Å². The number of aromatic nitrogens is 2. The molecule has 0 atom stereocenters. The zero-order valence-corrected chi connectivity index (χ0v) is 14.2. The summed E-state index contributed by atoms with van der Waals surface area (Å²) in [5.74, 6) is 0.937. The molecule has 1 aromatic carbocycles. The van der Waals surface area contributed by atoms with E-state index in [0.29, 0.717) is 17.6 Å². The molecule has 0 unspecified atom stereocenters. The minimum Gasteiger partial charge on any atom is -0.339 e. The van der Waals surface area contributed by atoms with Crippen LogP contribution < -0.4 is 0 Å². The quantitative estimate of drug-likeness (QED) is 0.756. The molecule has 7 nitrogen and oxygen atoms in total. The second kappa shape index (κ2) is 6.72. The van der Waals surface area contributed by atoms with Gasteiger partial charge in [-0.1, -0.05) is 23.4 Å². The molecule has 1 fully saturated rings. The van der Waals surface area contributed by atoms with E-state index in [9.17, 15) is 13.2 Å². The summed E-state index contributed by atoms with van der Waals surface area (Å²) in [6, 6.07) is 8.13. The summed E-state index contributed by atoms with van der Waals surface area (Å²) in [5.41, 5.74) is 0. The fourth-order valence-electron chi connectivity index (χ4n) is 2.29. The summed E-state index contributed by atoms with van der Waals surface area (Å²) in [5, 5.41) is 3.86. The first-order valence-electron chi connectivity index (χ1n) is 7.80. The van der Waals surface area contributed by atoms with Crippen LogP contribution >= 0.6 is 0 Å². The highest BCUT2D eigenvalue weighted by molar-refractivity contribution is 7.91. The molecule has 0 N–H and O–H groups in total. The Labute approximate surface area is 140 Å². The van der Waals surface area contributed by atoms with E-state index in [-0.39, 0.29) is 29.5 Å². The molecular weight excluding hydrogens is 330 g/mol. The Morgan fingerprint density at radius 3 is 2.67 bits per heavy atom. The topological polar surface area (TPSA) is 93.4 Å². The van der Waals surface area contributed by atoms with Crippen molar-refractivity contribution < 1.29 is 17.7 Å². The number of sulfone groups is 1. The van der Waals surface area contributed by atoms with Crippen molar-refractivity contribution in [1.29, 1.82) is 0 Å². The van der Waals surface area contributed by atoms with E-state index >= 15 is 0 Å². The van der Waals surface area contributed by atoms with E-state index in [0.717, 1.165) is 12.8 Å². The Hall–Kier alpha value is -2.22. The lowest BCUT2D eigenvalue weighted by molar-refractivity contribution is -0.130. The summed E-state index contributed by atoms with van der Waals surface area (Å²) in [7, 11) is -1.86. The summed E-state index contributed by atoms with van der Waals surface area (Å²) in [4.78, 5) is 18.1. The summed E-state index contributed by atoms with van der Waals surface area (Å²) in [6.07, 6.45) is 2.04. The standard InChI is InChI=1S/C16H19N3O4S/c1-19(11-14-17-16(23-18-14)12-7-8-12)15(20)9-10-24(21,22)13-5-3-2-4-6-13/h2-6,12H,7-11H2,1H3. The van der Waals surface area contributed by atoms with Crippen molar-refractivity contribution in [3.63, 3.8) is 0 Å². The molecule has 0 aliphatic heterocycles. The first-order chi connectivity index (χ1) is 11.5. The average Bonchev–Trinajstić information content (AvgIpc) is 3.33. The molecule has 2 aromatic rings. The number of carbonyl (C=O) groups is 1. The highest BCUT2D eigenvalue weighted by atomic mass is 32.2. The van der Waals surface area contributed by atoms with Crippen LogP contribution in [0.25, 0.3) is 0 Å². The number of hydrogen-bond donors (Lipinski definition) is 0. The Kier molecular flexibility index (Phi) is 4.66. The molecule has 1 aromatic heterocycles. The fraction of sp³-hybridized carbons (Fsp3) is 0.438. The summed E-state index contributed by atoms with van der Waals surface area (Å²) >= 11 is 0. The lowest BCUT2D eigenvalue weighted by Crippen LogP contribution is -2.28. The van der Waals surface area contributed by atoms with Crippen molar-refractivity contribution in [3.05, 3.63) is 42.0 Å². The molecule has 24 heavy (non-hydrogen) atoms. The van der Waals surface area contributed by atoms with Crippen molar-refractivity contribution in [2.24, 2.45) is 0 Å². The molecule has 0 radical (unpaired) electrons. The first kappa shape index (κ1) is 16.6. The number of amides is 1. The molecular formula is C16H19N3O4S. The van der Waals surface area contributed by atoms with E-state index in [1.807, 2.05) is 0 Å². The monoisotopic (exact) mass is 349 g/mol. The lowest BCUT2D eigenvalue weighted by atomic mass is 10.4. The van der Waals surface area contributed by atoms with E-state index in [1.165, 1.54) is 17.0 Å². The maximum absolute atomic E-state index is 12.2. The van der Waals surface area contributed by atoms with Crippen molar-refractivity contribution in [2.75, 3.05) is 12.8 Å². The van der Waals surface area contributed by atoms with Crippen molar-refractivity contribution >= 4 is 15.7 Å². The smallest absolute Gasteiger partial charge is 0.229 e. The SMILES string of the molecule is CN(Cc1noc(C2CC2)n1)C(=O)CCS(=O)(=O)c1ccccc1. The molecule has 3 rings (SSSR count). The number of benzene rings is 1. The number of rotatable bonds is 7. The Morgan fingerprint density at radius 1 is 1.29 bits per heavy atom. The molecule has 128 valence electrons. The zero-order chi connectivity index (χ0) is 17.2. The van der Waals surface area contributed by atoms with Crippen LogP contribution in [0.1, 0.15) is 36.9 Å². The van der Waals surface area contributed by atoms with Crippen LogP contribution in [0.15, 0.2) is 39.8 Å². The van der Waals surface area contributed by atoms with Crippen LogP contribution in [0.2, 0.25) is 0 Å². The Morgan fingerprint density at radius 2 is 2.00 bits per heavy atom. The van der Waals surface area contributed by atoms with Gasteiger partial charge in [0, 0.05) is 19.4 Å². The van der Waals surface area contributed by atoms with Gasteiger partial charge in [-0.3, -0.25) is 4.79 Å². The average molecular weight is 349 g/mol. The Bertz CT molecular complexity index is 813. The summed E-state index contributed by atoms with van der Waals surface area (Å²) in [6.45, 7) is 0.209.